The molecule has 21 heavy (non-hydrogen) atoms. The van der Waals surface area contributed by atoms with Gasteiger partial charge in [0.25, 0.3) is 0 Å². The van der Waals surface area contributed by atoms with Gasteiger partial charge in [-0.25, -0.2) is 0 Å². The van der Waals surface area contributed by atoms with Gasteiger partial charge in [0.05, 0.1) is 39.6 Å². The lowest BCUT2D eigenvalue weighted by molar-refractivity contribution is -0.0999. The van der Waals surface area contributed by atoms with Gasteiger partial charge in [0.15, 0.2) is 0 Å². The van der Waals surface area contributed by atoms with Gasteiger partial charge in [-0.1, -0.05) is 0 Å². The van der Waals surface area contributed by atoms with Crippen molar-refractivity contribution < 1.29 is 35.0 Å². The Labute approximate surface area is 123 Å². The molecule has 9 heteroatoms. The lowest BCUT2D eigenvalue weighted by Gasteiger charge is -2.23. The minimum absolute atomic E-state index is 0.263. The largest absolute Gasteiger partial charge is 0.394 e. The highest BCUT2D eigenvalue weighted by Gasteiger charge is 2.28. The van der Waals surface area contributed by atoms with Gasteiger partial charge in [0.1, 0.15) is 24.4 Å². The van der Waals surface area contributed by atoms with Crippen LogP contribution < -0.4 is 5.73 Å². The molecule has 0 saturated carbocycles. The Kier molecular flexibility index (Phi) is 12.6. The summed E-state index contributed by atoms with van der Waals surface area (Å²) < 4.78 is 10.3. The predicted molar refractivity (Wildman–Crippen MR) is 75.2 cm³/mol. The third kappa shape index (κ3) is 9.82. The molecule has 0 aromatic rings. The Morgan fingerprint density at radius 3 is 2.14 bits per heavy atom. The summed E-state index contributed by atoms with van der Waals surface area (Å²) in [6.07, 6.45) is -5.23. The fourth-order valence-electron chi connectivity index (χ4n) is 1.33. The first-order valence-electron chi connectivity index (χ1n) is 6.73. The van der Waals surface area contributed by atoms with Crippen LogP contribution in [0.3, 0.4) is 0 Å². The summed E-state index contributed by atoms with van der Waals surface area (Å²) in [6.45, 7) is 1.64. The normalized spacial score (nSPS) is 17.8. The van der Waals surface area contributed by atoms with Crippen molar-refractivity contribution in [1.82, 2.24) is 0 Å². The maximum absolute atomic E-state index is 9.51. The Morgan fingerprint density at radius 2 is 1.57 bits per heavy atom. The summed E-state index contributed by atoms with van der Waals surface area (Å²) in [5.41, 5.74) is 5.23. The molecule has 0 aromatic heterocycles. The topological polar surface area (TPSA) is 158 Å². The summed E-state index contributed by atoms with van der Waals surface area (Å²) in [7, 11) is 0. The molecule has 0 radical (unpaired) electrons. The van der Waals surface area contributed by atoms with E-state index in [4.69, 9.17) is 25.4 Å². The van der Waals surface area contributed by atoms with Crippen molar-refractivity contribution in [3.63, 3.8) is 0 Å². The summed E-state index contributed by atoms with van der Waals surface area (Å²) >= 11 is 0. The molecule has 0 aliphatic rings. The number of aliphatic imine (C=N–C) groups is 1. The van der Waals surface area contributed by atoms with E-state index in [1.54, 1.807) is 0 Å². The number of hydrogen-bond donors (Lipinski definition) is 6. The molecule has 0 fully saturated rings. The molecule has 4 atom stereocenters. The Balaban J connectivity index is 3.72. The van der Waals surface area contributed by atoms with Crippen LogP contribution >= 0.6 is 0 Å². The van der Waals surface area contributed by atoms with Crippen molar-refractivity contribution in [2.45, 2.75) is 24.4 Å². The van der Waals surface area contributed by atoms with Gasteiger partial charge in [-0.2, -0.15) is 0 Å². The average Bonchev–Trinajstić information content (AvgIpc) is 2.50. The van der Waals surface area contributed by atoms with Crippen molar-refractivity contribution in [3.8, 4) is 0 Å². The lowest BCUT2D eigenvalue weighted by Crippen LogP contribution is -2.46. The second kappa shape index (κ2) is 13.0. The highest BCUT2D eigenvalue weighted by molar-refractivity contribution is 5.63. The van der Waals surface area contributed by atoms with Crippen LogP contribution in [0.4, 0.5) is 0 Å². The fourth-order valence-corrected chi connectivity index (χ4v) is 1.33. The summed E-state index contributed by atoms with van der Waals surface area (Å²) in [5, 5.41) is 46.1. The van der Waals surface area contributed by atoms with Crippen LogP contribution in [0, 0.1) is 0 Å². The Hall–Kier alpha value is -0.650. The summed E-state index contributed by atoms with van der Waals surface area (Å²) in [6, 6.07) is 0. The van der Waals surface area contributed by atoms with E-state index in [1.165, 1.54) is 0 Å². The van der Waals surface area contributed by atoms with Crippen LogP contribution in [0.15, 0.2) is 4.99 Å². The zero-order valence-corrected chi connectivity index (χ0v) is 11.9. The van der Waals surface area contributed by atoms with Gasteiger partial charge >= 0.3 is 0 Å². The minimum atomic E-state index is -1.66. The second-order valence-corrected chi connectivity index (χ2v) is 4.29. The van der Waals surface area contributed by atoms with E-state index in [0.29, 0.717) is 33.0 Å². The second-order valence-electron chi connectivity index (χ2n) is 4.29. The molecule has 9 nitrogen and oxygen atoms in total. The smallest absolute Gasteiger partial charge is 0.117 e. The molecule has 0 heterocycles. The molecule has 7 N–H and O–H groups in total. The first-order chi connectivity index (χ1) is 10.0. The first kappa shape index (κ1) is 20.3. The van der Waals surface area contributed by atoms with Crippen LogP contribution in [-0.4, -0.2) is 102 Å². The Bertz CT molecular complexity index is 268. The molecule has 0 saturated heterocycles. The zero-order valence-electron chi connectivity index (χ0n) is 11.9. The molecular weight excluding hydrogens is 284 g/mol. The highest BCUT2D eigenvalue weighted by atomic mass is 16.5. The molecule has 0 amide bonds. The Morgan fingerprint density at radius 1 is 0.952 bits per heavy atom. The lowest BCUT2D eigenvalue weighted by atomic mass is 10.0. The molecule has 0 bridgehead atoms. The van der Waals surface area contributed by atoms with E-state index in [-0.39, 0.29) is 6.54 Å². The molecule has 0 aliphatic carbocycles. The maximum Gasteiger partial charge on any atom is 0.117 e. The number of rotatable bonds is 13. The van der Waals surface area contributed by atoms with Crippen LogP contribution in [0.25, 0.3) is 0 Å². The quantitative estimate of drug-likeness (QED) is 0.151. The third-order valence-electron chi connectivity index (χ3n) is 2.54. The first-order valence-corrected chi connectivity index (χ1v) is 6.73. The highest BCUT2D eigenvalue weighted by Crippen LogP contribution is 2.03. The number of aliphatic hydroxyl groups is 5. The SMILES string of the molecule is NCCOCCOCC/N=C/[C@H](O)[C@@H](O)[C@@H](O)[C@@H](O)CO. The molecule has 0 rings (SSSR count). The molecule has 0 spiro atoms. The van der Waals surface area contributed by atoms with Gasteiger partial charge < -0.3 is 40.7 Å². The van der Waals surface area contributed by atoms with Crippen molar-refractivity contribution in [2.24, 2.45) is 10.7 Å². The van der Waals surface area contributed by atoms with Gasteiger partial charge in [-0.05, 0) is 0 Å². The van der Waals surface area contributed by atoms with Gasteiger partial charge in [-0.3, -0.25) is 4.99 Å². The predicted octanol–water partition coefficient (Wildman–Crippen LogP) is -3.51. The van der Waals surface area contributed by atoms with Gasteiger partial charge in [-0.15, -0.1) is 0 Å². The zero-order chi connectivity index (χ0) is 16.1. The molecular formula is C12H26N2O7. The number of nitrogens with two attached hydrogens (primary N) is 1. The summed E-state index contributed by atoms with van der Waals surface area (Å²) in [5.74, 6) is 0. The average molecular weight is 310 g/mol. The van der Waals surface area contributed by atoms with Gasteiger partial charge in [0.2, 0.25) is 0 Å². The van der Waals surface area contributed by atoms with Crippen LogP contribution in [0.5, 0.6) is 0 Å². The van der Waals surface area contributed by atoms with E-state index in [2.05, 4.69) is 4.99 Å². The van der Waals surface area contributed by atoms with Crippen LogP contribution in [0.2, 0.25) is 0 Å². The molecule has 0 aromatic carbocycles. The van der Waals surface area contributed by atoms with Crippen molar-refractivity contribution >= 4 is 6.21 Å². The number of aliphatic hydroxyl groups excluding tert-OH is 5. The number of nitrogens with zero attached hydrogens (tertiary/aromatic N) is 1. The summed E-state index contributed by atoms with van der Waals surface area (Å²) in [4.78, 5) is 3.82. The minimum Gasteiger partial charge on any atom is -0.394 e. The number of hydrogen-bond acceptors (Lipinski definition) is 9. The number of ether oxygens (including phenoxy) is 2. The van der Waals surface area contributed by atoms with Crippen molar-refractivity contribution in [1.29, 1.82) is 0 Å². The van der Waals surface area contributed by atoms with E-state index < -0.39 is 31.0 Å². The van der Waals surface area contributed by atoms with E-state index >= 15 is 0 Å². The van der Waals surface area contributed by atoms with E-state index in [1.807, 2.05) is 0 Å². The monoisotopic (exact) mass is 310 g/mol. The maximum atomic E-state index is 9.51. The van der Waals surface area contributed by atoms with E-state index in [9.17, 15) is 15.3 Å². The fraction of sp³-hybridized carbons (Fsp3) is 0.917. The van der Waals surface area contributed by atoms with E-state index in [0.717, 1.165) is 6.21 Å². The van der Waals surface area contributed by atoms with Gasteiger partial charge in [0, 0.05) is 12.8 Å². The standard InChI is InChI=1S/C12H26N2O7/c13-1-3-20-5-6-21-4-2-14-7-9(16)11(18)12(19)10(17)8-15/h7,9-12,15-19H,1-6,8,13H2/b14-7+/t9-,10-,11+,12-/m0/s1. The van der Waals surface area contributed by atoms with Crippen molar-refractivity contribution in [2.75, 3.05) is 46.1 Å². The molecule has 126 valence electrons. The third-order valence-corrected chi connectivity index (χ3v) is 2.54. The molecule has 0 unspecified atom stereocenters. The molecule has 0 aliphatic heterocycles. The van der Waals surface area contributed by atoms with Crippen LogP contribution in [0.1, 0.15) is 0 Å². The van der Waals surface area contributed by atoms with Crippen molar-refractivity contribution in [3.05, 3.63) is 0 Å². The van der Waals surface area contributed by atoms with Crippen LogP contribution in [-0.2, 0) is 9.47 Å².